The van der Waals surface area contributed by atoms with Crippen molar-refractivity contribution >= 4 is 23.4 Å². The Morgan fingerprint density at radius 3 is 2.53 bits per heavy atom. The first-order valence-electron chi connectivity index (χ1n) is 5.23. The molecule has 0 bridgehead atoms. The molecule has 1 heterocycles. The van der Waals surface area contributed by atoms with E-state index in [1.165, 1.54) is 11.8 Å². The fraction of sp³-hybridized carbons (Fsp3) is 0.167. The highest BCUT2D eigenvalue weighted by molar-refractivity contribution is 7.99. The minimum absolute atomic E-state index is 0.611. The van der Waals surface area contributed by atoms with Gasteiger partial charge in [0, 0.05) is 17.3 Å². The Morgan fingerprint density at radius 1 is 1.18 bits per heavy atom. The molecule has 0 aliphatic heterocycles. The third-order valence-corrected chi connectivity index (χ3v) is 3.56. The van der Waals surface area contributed by atoms with Gasteiger partial charge < -0.3 is 5.73 Å². The van der Waals surface area contributed by atoms with Gasteiger partial charge in [-0.05, 0) is 42.4 Å². The molecule has 1 aromatic carbocycles. The van der Waals surface area contributed by atoms with Crippen LogP contribution in [-0.2, 0) is 6.42 Å². The number of halogens is 1. The van der Waals surface area contributed by atoms with Crippen LogP contribution in [0.3, 0.4) is 0 Å². The van der Waals surface area contributed by atoms with E-state index in [-0.39, 0.29) is 0 Å². The molecule has 0 aliphatic rings. The van der Waals surface area contributed by atoms with Gasteiger partial charge in [-0.3, -0.25) is 0 Å². The van der Waals surface area contributed by atoms with Crippen molar-refractivity contribution in [1.29, 1.82) is 0 Å². The van der Waals surface area contributed by atoms with Gasteiger partial charge in [0.2, 0.25) is 0 Å². The Balaban J connectivity index is 2.11. The third-order valence-electron chi connectivity index (χ3n) is 2.15. The van der Waals surface area contributed by atoms with Crippen LogP contribution in [0.5, 0.6) is 0 Å². The summed E-state index contributed by atoms with van der Waals surface area (Å²) in [5, 5.41) is 1.41. The molecule has 0 saturated carbocycles. The smallest absolute Gasteiger partial charge is 0.192 e. The SMILES string of the molecule is NCCc1cnc(Sc2ccccc2Cl)nc1. The van der Waals surface area contributed by atoms with Crippen molar-refractivity contribution in [2.45, 2.75) is 16.5 Å². The van der Waals surface area contributed by atoms with E-state index in [1.807, 2.05) is 24.3 Å². The fourth-order valence-corrected chi connectivity index (χ4v) is 2.29. The molecule has 2 aromatic rings. The minimum Gasteiger partial charge on any atom is -0.330 e. The second kappa shape index (κ2) is 6.00. The van der Waals surface area contributed by atoms with E-state index < -0.39 is 0 Å². The molecule has 17 heavy (non-hydrogen) atoms. The van der Waals surface area contributed by atoms with Crippen LogP contribution in [0, 0.1) is 0 Å². The molecule has 0 unspecified atom stereocenters. The predicted molar refractivity (Wildman–Crippen MR) is 70.4 cm³/mol. The number of benzene rings is 1. The minimum atomic E-state index is 0.611. The molecule has 0 amide bonds. The van der Waals surface area contributed by atoms with Crippen LogP contribution < -0.4 is 5.73 Å². The van der Waals surface area contributed by atoms with Crippen LogP contribution in [0.15, 0.2) is 46.7 Å². The number of rotatable bonds is 4. The summed E-state index contributed by atoms with van der Waals surface area (Å²) in [6.07, 6.45) is 4.41. The van der Waals surface area contributed by atoms with Gasteiger partial charge in [0.25, 0.3) is 0 Å². The molecule has 2 N–H and O–H groups in total. The summed E-state index contributed by atoms with van der Waals surface area (Å²) < 4.78 is 0. The Morgan fingerprint density at radius 2 is 1.88 bits per heavy atom. The zero-order valence-electron chi connectivity index (χ0n) is 9.14. The number of aromatic nitrogens is 2. The summed E-state index contributed by atoms with van der Waals surface area (Å²) in [6.45, 7) is 0.611. The lowest BCUT2D eigenvalue weighted by molar-refractivity contribution is 0.890. The van der Waals surface area contributed by atoms with Crippen LogP contribution in [0.25, 0.3) is 0 Å². The molecule has 1 aromatic heterocycles. The van der Waals surface area contributed by atoms with E-state index in [4.69, 9.17) is 17.3 Å². The summed E-state index contributed by atoms with van der Waals surface area (Å²) in [6, 6.07) is 7.64. The first-order valence-corrected chi connectivity index (χ1v) is 6.42. The first-order chi connectivity index (χ1) is 8.29. The maximum atomic E-state index is 6.06. The van der Waals surface area contributed by atoms with E-state index in [1.54, 1.807) is 12.4 Å². The summed E-state index contributed by atoms with van der Waals surface area (Å²) in [4.78, 5) is 9.50. The maximum Gasteiger partial charge on any atom is 0.192 e. The fourth-order valence-electron chi connectivity index (χ4n) is 1.32. The molecule has 3 nitrogen and oxygen atoms in total. The quantitative estimate of drug-likeness (QED) is 0.864. The van der Waals surface area contributed by atoms with Crippen LogP contribution in [0.4, 0.5) is 0 Å². The van der Waals surface area contributed by atoms with E-state index in [0.29, 0.717) is 16.7 Å². The molecule has 0 fully saturated rings. The largest absolute Gasteiger partial charge is 0.330 e. The highest BCUT2D eigenvalue weighted by atomic mass is 35.5. The van der Waals surface area contributed by atoms with Crippen molar-refractivity contribution in [3.8, 4) is 0 Å². The number of hydrogen-bond acceptors (Lipinski definition) is 4. The maximum absolute atomic E-state index is 6.06. The van der Waals surface area contributed by atoms with Gasteiger partial charge in [0.1, 0.15) is 0 Å². The summed E-state index contributed by atoms with van der Waals surface area (Å²) in [5.74, 6) is 0. The van der Waals surface area contributed by atoms with E-state index >= 15 is 0 Å². The number of hydrogen-bond donors (Lipinski definition) is 1. The topological polar surface area (TPSA) is 51.8 Å². The van der Waals surface area contributed by atoms with Crippen LogP contribution in [0.1, 0.15) is 5.56 Å². The lowest BCUT2D eigenvalue weighted by atomic mass is 10.2. The molecular formula is C12H12ClN3S. The Bertz CT molecular complexity index is 487. The Hall–Kier alpha value is -1.10. The van der Waals surface area contributed by atoms with E-state index in [2.05, 4.69) is 9.97 Å². The lowest BCUT2D eigenvalue weighted by Crippen LogP contribution is -2.03. The van der Waals surface area contributed by atoms with Gasteiger partial charge in [0.15, 0.2) is 5.16 Å². The second-order valence-electron chi connectivity index (χ2n) is 3.45. The average Bonchev–Trinajstić information content (AvgIpc) is 2.35. The van der Waals surface area contributed by atoms with Crippen molar-refractivity contribution in [2.24, 2.45) is 5.73 Å². The highest BCUT2D eigenvalue weighted by Gasteiger charge is 2.04. The van der Waals surface area contributed by atoms with Crippen molar-refractivity contribution < 1.29 is 0 Å². The van der Waals surface area contributed by atoms with Gasteiger partial charge in [-0.1, -0.05) is 23.7 Å². The van der Waals surface area contributed by atoms with E-state index in [0.717, 1.165) is 16.9 Å². The summed E-state index contributed by atoms with van der Waals surface area (Å²) in [5.41, 5.74) is 6.52. The van der Waals surface area contributed by atoms with Gasteiger partial charge in [-0.15, -0.1) is 0 Å². The van der Waals surface area contributed by atoms with Crippen molar-refractivity contribution in [3.63, 3.8) is 0 Å². The van der Waals surface area contributed by atoms with Crippen molar-refractivity contribution in [3.05, 3.63) is 47.2 Å². The molecule has 0 radical (unpaired) electrons. The van der Waals surface area contributed by atoms with Crippen LogP contribution in [-0.4, -0.2) is 16.5 Å². The zero-order chi connectivity index (χ0) is 12.1. The molecular weight excluding hydrogens is 254 g/mol. The van der Waals surface area contributed by atoms with Crippen LogP contribution in [0.2, 0.25) is 5.02 Å². The molecule has 0 spiro atoms. The number of nitrogens with zero attached hydrogens (tertiary/aromatic N) is 2. The Labute approximate surface area is 109 Å². The van der Waals surface area contributed by atoms with Crippen molar-refractivity contribution in [1.82, 2.24) is 9.97 Å². The zero-order valence-corrected chi connectivity index (χ0v) is 10.7. The second-order valence-corrected chi connectivity index (χ2v) is 4.86. The van der Waals surface area contributed by atoms with Gasteiger partial charge in [-0.25, -0.2) is 9.97 Å². The third kappa shape index (κ3) is 3.43. The molecule has 0 aliphatic carbocycles. The summed E-state index contributed by atoms with van der Waals surface area (Å²) >= 11 is 7.52. The molecule has 2 rings (SSSR count). The normalized spacial score (nSPS) is 10.5. The van der Waals surface area contributed by atoms with Gasteiger partial charge in [-0.2, -0.15) is 0 Å². The lowest BCUT2D eigenvalue weighted by Gasteiger charge is -2.03. The van der Waals surface area contributed by atoms with E-state index in [9.17, 15) is 0 Å². The molecule has 0 saturated heterocycles. The predicted octanol–water partition coefficient (Wildman–Crippen LogP) is 2.78. The Kier molecular flexibility index (Phi) is 4.36. The van der Waals surface area contributed by atoms with Crippen molar-refractivity contribution in [2.75, 3.05) is 6.54 Å². The number of nitrogens with two attached hydrogens (primary N) is 1. The molecule has 0 atom stereocenters. The average molecular weight is 266 g/mol. The summed E-state index contributed by atoms with van der Waals surface area (Å²) in [7, 11) is 0. The van der Waals surface area contributed by atoms with Gasteiger partial charge >= 0.3 is 0 Å². The van der Waals surface area contributed by atoms with Gasteiger partial charge in [0.05, 0.1) is 5.02 Å². The highest BCUT2D eigenvalue weighted by Crippen LogP contribution is 2.30. The monoisotopic (exact) mass is 265 g/mol. The van der Waals surface area contributed by atoms with Crippen LogP contribution >= 0.6 is 23.4 Å². The molecule has 88 valence electrons. The standard InChI is InChI=1S/C12H12ClN3S/c13-10-3-1-2-4-11(10)17-12-15-7-9(5-6-14)8-16-12/h1-4,7-8H,5-6,14H2. The molecule has 5 heteroatoms. The first kappa shape index (κ1) is 12.4.